The Kier molecular flexibility index (Phi) is 3.88. The number of aliphatic carboxylic acids is 1. The van der Waals surface area contributed by atoms with Gasteiger partial charge in [0.2, 0.25) is 5.91 Å². The predicted molar refractivity (Wildman–Crippen MR) is 57.3 cm³/mol. The molecule has 88 valence electrons. The number of carboxylic acid groups (broad SMARTS) is 1. The number of hydrogen-bond donors (Lipinski definition) is 3. The molecule has 0 radical (unpaired) electrons. The van der Waals surface area contributed by atoms with Crippen molar-refractivity contribution in [3.05, 3.63) is 0 Å². The van der Waals surface area contributed by atoms with Crippen LogP contribution in [0.1, 0.15) is 34.6 Å². The Hall–Kier alpha value is -1.10. The molecule has 0 saturated carbocycles. The van der Waals surface area contributed by atoms with E-state index in [-0.39, 0.29) is 0 Å². The lowest BCUT2D eigenvalue weighted by Gasteiger charge is -2.29. The maximum atomic E-state index is 11.6. The highest BCUT2D eigenvalue weighted by Crippen LogP contribution is 2.18. The second kappa shape index (κ2) is 4.18. The van der Waals surface area contributed by atoms with E-state index in [2.05, 4.69) is 5.32 Å². The smallest absolute Gasteiger partial charge is 0.328 e. The first-order valence-electron chi connectivity index (χ1n) is 4.79. The molecule has 1 atom stereocenters. The van der Waals surface area contributed by atoms with Gasteiger partial charge < -0.3 is 16.2 Å². The van der Waals surface area contributed by atoms with Crippen LogP contribution < -0.4 is 11.1 Å². The second-order valence-corrected chi connectivity index (χ2v) is 5.26. The largest absolute Gasteiger partial charge is 0.480 e. The van der Waals surface area contributed by atoms with Crippen molar-refractivity contribution < 1.29 is 14.7 Å². The van der Waals surface area contributed by atoms with Crippen LogP contribution in [0, 0.1) is 5.41 Å². The van der Waals surface area contributed by atoms with Crippen LogP contribution in [-0.2, 0) is 9.59 Å². The van der Waals surface area contributed by atoms with Gasteiger partial charge in [-0.3, -0.25) is 4.79 Å². The van der Waals surface area contributed by atoms with Gasteiger partial charge in [-0.1, -0.05) is 20.8 Å². The van der Waals surface area contributed by atoms with Gasteiger partial charge in [-0.05, 0) is 19.3 Å². The van der Waals surface area contributed by atoms with Gasteiger partial charge in [-0.15, -0.1) is 0 Å². The molecule has 0 aliphatic heterocycles. The normalized spacial score (nSPS) is 14.5. The first kappa shape index (κ1) is 13.9. The molecule has 0 bridgehead atoms. The summed E-state index contributed by atoms with van der Waals surface area (Å²) in [6.07, 6.45) is 0. The highest BCUT2D eigenvalue weighted by molar-refractivity contribution is 5.89. The zero-order valence-corrected chi connectivity index (χ0v) is 9.92. The van der Waals surface area contributed by atoms with Gasteiger partial charge in [-0.2, -0.15) is 0 Å². The lowest BCUT2D eigenvalue weighted by Crippen LogP contribution is -2.57. The van der Waals surface area contributed by atoms with E-state index in [4.69, 9.17) is 10.8 Å². The van der Waals surface area contributed by atoms with E-state index >= 15 is 0 Å². The molecule has 0 aliphatic rings. The highest BCUT2D eigenvalue weighted by Gasteiger charge is 2.34. The van der Waals surface area contributed by atoms with Gasteiger partial charge in [0, 0.05) is 0 Å². The summed E-state index contributed by atoms with van der Waals surface area (Å²) in [5.41, 5.74) is 4.01. The molecule has 0 aromatic rings. The first-order valence-corrected chi connectivity index (χ1v) is 4.79. The number of carboxylic acids is 1. The molecule has 0 heterocycles. The average Bonchev–Trinajstić information content (AvgIpc) is 2.00. The van der Waals surface area contributed by atoms with Crippen molar-refractivity contribution in [2.24, 2.45) is 11.1 Å². The molecule has 0 aliphatic carbocycles. The SMILES string of the molecule is CC(C)(NC(=O)C(N)C(C)(C)C)C(=O)O. The fourth-order valence-electron chi connectivity index (χ4n) is 0.833. The number of nitrogens with one attached hydrogen (secondary N) is 1. The summed E-state index contributed by atoms with van der Waals surface area (Å²) in [6.45, 7) is 8.31. The number of hydrogen-bond acceptors (Lipinski definition) is 3. The van der Waals surface area contributed by atoms with Crippen LogP contribution in [-0.4, -0.2) is 28.6 Å². The molecule has 0 rings (SSSR count). The van der Waals surface area contributed by atoms with E-state index in [1.54, 1.807) is 0 Å². The summed E-state index contributed by atoms with van der Waals surface area (Å²) in [5.74, 6) is -1.54. The highest BCUT2D eigenvalue weighted by atomic mass is 16.4. The molecule has 0 fully saturated rings. The Bertz CT molecular complexity index is 266. The van der Waals surface area contributed by atoms with Crippen LogP contribution in [0.25, 0.3) is 0 Å². The summed E-state index contributed by atoms with van der Waals surface area (Å²) < 4.78 is 0. The van der Waals surface area contributed by atoms with E-state index in [0.717, 1.165) is 0 Å². The van der Waals surface area contributed by atoms with Crippen molar-refractivity contribution in [2.75, 3.05) is 0 Å². The summed E-state index contributed by atoms with van der Waals surface area (Å²) in [6, 6.07) is -0.726. The summed E-state index contributed by atoms with van der Waals surface area (Å²) >= 11 is 0. The van der Waals surface area contributed by atoms with Crippen LogP contribution in [0.3, 0.4) is 0 Å². The minimum atomic E-state index is -1.29. The molecule has 5 heteroatoms. The fourth-order valence-corrected chi connectivity index (χ4v) is 0.833. The monoisotopic (exact) mass is 216 g/mol. The molecule has 0 aromatic heterocycles. The van der Waals surface area contributed by atoms with Crippen LogP contribution in [0.4, 0.5) is 0 Å². The van der Waals surface area contributed by atoms with Gasteiger partial charge >= 0.3 is 5.97 Å². The Morgan fingerprint density at radius 3 is 1.87 bits per heavy atom. The van der Waals surface area contributed by atoms with Crippen LogP contribution in [0.15, 0.2) is 0 Å². The Labute approximate surface area is 90.0 Å². The van der Waals surface area contributed by atoms with Gasteiger partial charge in [0.15, 0.2) is 0 Å². The van der Waals surface area contributed by atoms with Crippen LogP contribution >= 0.6 is 0 Å². The zero-order chi connectivity index (χ0) is 12.4. The van der Waals surface area contributed by atoms with Crippen LogP contribution in [0.2, 0.25) is 0 Å². The lowest BCUT2D eigenvalue weighted by atomic mass is 9.86. The molecule has 0 spiro atoms. The molecule has 15 heavy (non-hydrogen) atoms. The Morgan fingerprint density at radius 1 is 1.20 bits per heavy atom. The lowest BCUT2D eigenvalue weighted by molar-refractivity contribution is -0.146. The molecule has 4 N–H and O–H groups in total. The zero-order valence-electron chi connectivity index (χ0n) is 9.92. The maximum absolute atomic E-state index is 11.6. The van der Waals surface area contributed by atoms with E-state index in [0.29, 0.717) is 0 Å². The molecule has 5 nitrogen and oxygen atoms in total. The Morgan fingerprint density at radius 2 is 1.60 bits per heavy atom. The quantitative estimate of drug-likeness (QED) is 0.634. The fraction of sp³-hybridized carbons (Fsp3) is 0.800. The van der Waals surface area contributed by atoms with E-state index < -0.39 is 28.9 Å². The van der Waals surface area contributed by atoms with Crippen molar-refractivity contribution in [2.45, 2.75) is 46.2 Å². The number of rotatable bonds is 3. The van der Waals surface area contributed by atoms with E-state index in [9.17, 15) is 9.59 Å². The molecule has 0 aromatic carbocycles. The van der Waals surface area contributed by atoms with Crippen molar-refractivity contribution >= 4 is 11.9 Å². The van der Waals surface area contributed by atoms with Crippen molar-refractivity contribution in [3.63, 3.8) is 0 Å². The average molecular weight is 216 g/mol. The van der Waals surface area contributed by atoms with Gasteiger partial charge in [0.05, 0.1) is 6.04 Å². The number of carbonyl (C=O) groups is 2. The maximum Gasteiger partial charge on any atom is 0.328 e. The van der Waals surface area contributed by atoms with Crippen LogP contribution in [0.5, 0.6) is 0 Å². The minimum Gasteiger partial charge on any atom is -0.480 e. The first-order chi connectivity index (χ1) is 6.48. The minimum absolute atomic E-state index is 0.390. The summed E-state index contributed by atoms with van der Waals surface area (Å²) in [4.78, 5) is 22.4. The molecule has 0 saturated heterocycles. The van der Waals surface area contributed by atoms with E-state index in [1.807, 2.05) is 20.8 Å². The van der Waals surface area contributed by atoms with Crippen molar-refractivity contribution in [1.29, 1.82) is 0 Å². The molecular formula is C10H20N2O3. The van der Waals surface area contributed by atoms with E-state index in [1.165, 1.54) is 13.8 Å². The third-order valence-corrected chi connectivity index (χ3v) is 2.19. The molecule has 1 unspecified atom stereocenters. The molecular weight excluding hydrogens is 196 g/mol. The van der Waals surface area contributed by atoms with Gasteiger partial charge in [-0.25, -0.2) is 4.79 Å². The number of nitrogens with two attached hydrogens (primary N) is 1. The van der Waals surface area contributed by atoms with Gasteiger partial charge in [0.25, 0.3) is 0 Å². The number of carbonyl (C=O) groups excluding carboxylic acids is 1. The Balaban J connectivity index is 4.58. The topological polar surface area (TPSA) is 92.4 Å². The number of amides is 1. The second-order valence-electron chi connectivity index (χ2n) is 5.26. The third kappa shape index (κ3) is 3.87. The van der Waals surface area contributed by atoms with Gasteiger partial charge in [0.1, 0.15) is 5.54 Å². The predicted octanol–water partition coefficient (Wildman–Crippen LogP) is 0.339. The van der Waals surface area contributed by atoms with Crippen molar-refractivity contribution in [1.82, 2.24) is 5.32 Å². The van der Waals surface area contributed by atoms with Crippen molar-refractivity contribution in [3.8, 4) is 0 Å². The summed E-state index contributed by atoms with van der Waals surface area (Å²) in [5, 5.41) is 11.2. The standard InChI is InChI=1S/C10H20N2O3/c1-9(2,3)6(11)7(13)12-10(4,5)8(14)15/h6H,11H2,1-5H3,(H,12,13)(H,14,15). The molecule has 1 amide bonds. The summed E-state index contributed by atoms with van der Waals surface area (Å²) in [7, 11) is 0. The third-order valence-electron chi connectivity index (χ3n) is 2.19.